The number of benzene rings is 1. The number of nitrogens with two attached hydrogens (primary N) is 1. The molecule has 4 nitrogen and oxygen atoms in total. The molecule has 1 heterocycles. The molecule has 0 fully saturated rings. The monoisotopic (exact) mass is 297 g/mol. The molecule has 0 saturated carbocycles. The van der Waals surface area contributed by atoms with Gasteiger partial charge in [-0.1, -0.05) is 6.07 Å². The summed E-state index contributed by atoms with van der Waals surface area (Å²) < 4.78 is 5.85. The Morgan fingerprint density at radius 3 is 2.68 bits per heavy atom. The molecule has 1 aromatic carbocycles. The van der Waals surface area contributed by atoms with Crippen molar-refractivity contribution in [1.29, 1.82) is 0 Å². The third-order valence-electron chi connectivity index (χ3n) is 4.35. The zero-order valence-electron chi connectivity index (χ0n) is 13.4. The van der Waals surface area contributed by atoms with E-state index in [1.807, 2.05) is 6.07 Å². The number of aryl methyl sites for hydroxylation is 3. The zero-order valence-corrected chi connectivity index (χ0v) is 13.4. The van der Waals surface area contributed by atoms with Crippen LogP contribution >= 0.6 is 0 Å². The molecule has 22 heavy (non-hydrogen) atoms. The summed E-state index contributed by atoms with van der Waals surface area (Å²) in [7, 11) is 0. The highest BCUT2D eigenvalue weighted by atomic mass is 16.5. The van der Waals surface area contributed by atoms with E-state index >= 15 is 0 Å². The molecule has 0 aliphatic heterocycles. The Morgan fingerprint density at radius 1 is 1.09 bits per heavy atom. The van der Waals surface area contributed by atoms with Crippen molar-refractivity contribution in [3.05, 3.63) is 52.1 Å². The maximum atomic E-state index is 5.86. The van der Waals surface area contributed by atoms with Gasteiger partial charge in [-0.3, -0.25) is 0 Å². The SMILES string of the molecule is Cc1ccc(OCc2nc(CN)c3c(n2)CCCC3)cc1C. The second-order valence-electron chi connectivity index (χ2n) is 5.96. The summed E-state index contributed by atoms with van der Waals surface area (Å²) in [5.41, 5.74) is 11.8. The lowest BCUT2D eigenvalue weighted by atomic mass is 9.94. The van der Waals surface area contributed by atoms with E-state index in [9.17, 15) is 0 Å². The van der Waals surface area contributed by atoms with E-state index in [0.717, 1.165) is 30.1 Å². The average molecular weight is 297 g/mol. The number of fused-ring (bicyclic) bond motifs is 1. The molecule has 1 aliphatic carbocycles. The van der Waals surface area contributed by atoms with Crippen LogP contribution in [0.25, 0.3) is 0 Å². The first-order valence-electron chi connectivity index (χ1n) is 7.95. The van der Waals surface area contributed by atoms with Crippen LogP contribution in [0.5, 0.6) is 5.75 Å². The largest absolute Gasteiger partial charge is 0.486 e. The van der Waals surface area contributed by atoms with Gasteiger partial charge in [0.25, 0.3) is 0 Å². The molecule has 1 aromatic heterocycles. The third-order valence-corrected chi connectivity index (χ3v) is 4.35. The molecule has 3 rings (SSSR count). The maximum absolute atomic E-state index is 5.86. The van der Waals surface area contributed by atoms with Gasteiger partial charge < -0.3 is 10.5 Å². The van der Waals surface area contributed by atoms with Gasteiger partial charge in [0.2, 0.25) is 0 Å². The molecule has 2 N–H and O–H groups in total. The molecule has 0 spiro atoms. The van der Waals surface area contributed by atoms with Crippen LogP contribution in [0, 0.1) is 13.8 Å². The highest BCUT2D eigenvalue weighted by Crippen LogP contribution is 2.23. The third kappa shape index (κ3) is 3.12. The smallest absolute Gasteiger partial charge is 0.166 e. The van der Waals surface area contributed by atoms with E-state index < -0.39 is 0 Å². The van der Waals surface area contributed by atoms with Gasteiger partial charge in [-0.05, 0) is 68.4 Å². The Labute approximate surface area is 131 Å². The van der Waals surface area contributed by atoms with Crippen molar-refractivity contribution in [2.24, 2.45) is 5.73 Å². The number of hydrogen-bond acceptors (Lipinski definition) is 4. The minimum atomic E-state index is 0.392. The lowest BCUT2D eigenvalue weighted by Crippen LogP contribution is -2.17. The van der Waals surface area contributed by atoms with E-state index in [-0.39, 0.29) is 0 Å². The zero-order chi connectivity index (χ0) is 15.5. The standard InChI is InChI=1S/C18H23N3O/c1-12-7-8-14(9-13(12)2)22-11-18-20-16-6-4-3-5-15(16)17(10-19)21-18/h7-9H,3-6,10-11,19H2,1-2H3. The summed E-state index contributed by atoms with van der Waals surface area (Å²) in [6.45, 7) is 5.05. The fourth-order valence-corrected chi connectivity index (χ4v) is 2.91. The van der Waals surface area contributed by atoms with Crippen molar-refractivity contribution in [3.63, 3.8) is 0 Å². The highest BCUT2D eigenvalue weighted by Gasteiger charge is 2.17. The normalized spacial score (nSPS) is 13.8. The van der Waals surface area contributed by atoms with Gasteiger partial charge in [-0.15, -0.1) is 0 Å². The van der Waals surface area contributed by atoms with Gasteiger partial charge in [-0.2, -0.15) is 0 Å². The Kier molecular flexibility index (Phi) is 4.39. The van der Waals surface area contributed by atoms with Crippen LogP contribution in [0.2, 0.25) is 0 Å². The molecule has 1 aliphatic rings. The summed E-state index contributed by atoms with van der Waals surface area (Å²) >= 11 is 0. The second-order valence-corrected chi connectivity index (χ2v) is 5.96. The van der Waals surface area contributed by atoms with Gasteiger partial charge in [-0.25, -0.2) is 9.97 Å². The summed E-state index contributed by atoms with van der Waals surface area (Å²) in [6, 6.07) is 6.12. The van der Waals surface area contributed by atoms with Crippen LogP contribution in [0.15, 0.2) is 18.2 Å². The molecule has 2 aromatic rings. The van der Waals surface area contributed by atoms with E-state index in [0.29, 0.717) is 13.2 Å². The van der Waals surface area contributed by atoms with Crippen molar-refractivity contribution < 1.29 is 4.74 Å². The summed E-state index contributed by atoms with van der Waals surface area (Å²) in [4.78, 5) is 9.28. The number of hydrogen-bond donors (Lipinski definition) is 1. The van der Waals surface area contributed by atoms with Gasteiger partial charge in [0.05, 0.1) is 5.69 Å². The van der Waals surface area contributed by atoms with Crippen molar-refractivity contribution in [2.45, 2.75) is 52.7 Å². The quantitative estimate of drug-likeness (QED) is 0.942. The second kappa shape index (κ2) is 6.44. The van der Waals surface area contributed by atoms with Gasteiger partial charge >= 0.3 is 0 Å². The Morgan fingerprint density at radius 2 is 1.91 bits per heavy atom. The van der Waals surface area contributed by atoms with Crippen LogP contribution in [-0.2, 0) is 26.0 Å². The molecular formula is C18H23N3O. The van der Waals surface area contributed by atoms with Crippen molar-refractivity contribution in [3.8, 4) is 5.75 Å². The Hall–Kier alpha value is -1.94. The van der Waals surface area contributed by atoms with Crippen molar-refractivity contribution in [1.82, 2.24) is 9.97 Å². The van der Waals surface area contributed by atoms with E-state index in [1.165, 1.54) is 35.2 Å². The summed E-state index contributed by atoms with van der Waals surface area (Å²) in [5, 5.41) is 0. The molecule has 116 valence electrons. The number of rotatable bonds is 4. The first kappa shape index (κ1) is 15.0. The molecule has 0 unspecified atom stereocenters. The lowest BCUT2D eigenvalue weighted by Gasteiger charge is -2.18. The average Bonchev–Trinajstić information content (AvgIpc) is 2.55. The first-order valence-corrected chi connectivity index (χ1v) is 7.95. The number of ether oxygens (including phenoxy) is 1. The molecule has 0 atom stereocenters. The van der Waals surface area contributed by atoms with Crippen molar-refractivity contribution >= 4 is 0 Å². The molecule has 0 saturated heterocycles. The fraction of sp³-hybridized carbons (Fsp3) is 0.444. The predicted molar refractivity (Wildman–Crippen MR) is 86.8 cm³/mol. The Balaban J connectivity index is 1.78. The topological polar surface area (TPSA) is 61.0 Å². The molecule has 0 bridgehead atoms. The predicted octanol–water partition coefficient (Wildman–Crippen LogP) is 3.01. The minimum absolute atomic E-state index is 0.392. The van der Waals surface area contributed by atoms with Gasteiger partial charge in [0.1, 0.15) is 12.4 Å². The first-order chi connectivity index (χ1) is 10.7. The van der Waals surface area contributed by atoms with E-state index in [4.69, 9.17) is 10.5 Å². The fourth-order valence-electron chi connectivity index (χ4n) is 2.91. The molecule has 4 heteroatoms. The van der Waals surface area contributed by atoms with Crippen LogP contribution in [0.4, 0.5) is 0 Å². The maximum Gasteiger partial charge on any atom is 0.166 e. The summed E-state index contributed by atoms with van der Waals surface area (Å²) in [6.07, 6.45) is 4.50. The van der Waals surface area contributed by atoms with Crippen LogP contribution in [0.3, 0.4) is 0 Å². The molecule has 0 amide bonds. The van der Waals surface area contributed by atoms with Gasteiger partial charge in [0, 0.05) is 12.2 Å². The number of nitrogens with zero attached hydrogens (tertiary/aromatic N) is 2. The van der Waals surface area contributed by atoms with Gasteiger partial charge in [0.15, 0.2) is 5.82 Å². The van der Waals surface area contributed by atoms with Crippen LogP contribution < -0.4 is 10.5 Å². The highest BCUT2D eigenvalue weighted by molar-refractivity contribution is 5.34. The molecule has 0 radical (unpaired) electrons. The van der Waals surface area contributed by atoms with Crippen LogP contribution in [-0.4, -0.2) is 9.97 Å². The van der Waals surface area contributed by atoms with Crippen LogP contribution in [0.1, 0.15) is 46.7 Å². The lowest BCUT2D eigenvalue weighted by molar-refractivity contribution is 0.294. The molecular weight excluding hydrogens is 274 g/mol. The van der Waals surface area contributed by atoms with Crippen molar-refractivity contribution in [2.75, 3.05) is 0 Å². The summed E-state index contributed by atoms with van der Waals surface area (Å²) in [5.74, 6) is 1.60. The van der Waals surface area contributed by atoms with E-state index in [2.05, 4.69) is 35.9 Å². The minimum Gasteiger partial charge on any atom is -0.486 e. The Bertz CT molecular complexity index is 665. The number of aromatic nitrogens is 2. The van der Waals surface area contributed by atoms with E-state index in [1.54, 1.807) is 0 Å².